The van der Waals surface area contributed by atoms with Crippen LogP contribution >= 0.6 is 0 Å². The van der Waals surface area contributed by atoms with Crippen molar-refractivity contribution >= 4 is 17.5 Å². The van der Waals surface area contributed by atoms with E-state index in [1.54, 1.807) is 23.0 Å². The Morgan fingerprint density at radius 2 is 1.74 bits per heavy atom. The van der Waals surface area contributed by atoms with E-state index in [4.69, 9.17) is 0 Å². The van der Waals surface area contributed by atoms with E-state index in [0.717, 1.165) is 12.8 Å². The van der Waals surface area contributed by atoms with Crippen LogP contribution < -0.4 is 10.6 Å². The van der Waals surface area contributed by atoms with Crippen molar-refractivity contribution in [3.8, 4) is 11.4 Å². The van der Waals surface area contributed by atoms with Gasteiger partial charge in [0.2, 0.25) is 0 Å². The van der Waals surface area contributed by atoms with Crippen LogP contribution in [0.2, 0.25) is 0 Å². The lowest BCUT2D eigenvalue weighted by molar-refractivity contribution is -0.136. The third-order valence-corrected chi connectivity index (χ3v) is 4.10. The fraction of sp³-hybridized carbons (Fsp3) is 0.200. The number of aryl methyl sites for hydroxylation is 2. The molecule has 0 unspecified atom stereocenters. The predicted molar refractivity (Wildman–Crippen MR) is 103 cm³/mol. The molecule has 0 aliphatic heterocycles. The van der Waals surface area contributed by atoms with Gasteiger partial charge >= 0.3 is 11.8 Å². The van der Waals surface area contributed by atoms with Gasteiger partial charge in [0.25, 0.3) is 0 Å². The highest BCUT2D eigenvalue weighted by atomic mass is 16.2. The maximum atomic E-state index is 12.2. The van der Waals surface area contributed by atoms with Crippen LogP contribution in [0.3, 0.4) is 0 Å². The summed E-state index contributed by atoms with van der Waals surface area (Å²) in [4.78, 5) is 24.3. The largest absolute Gasteiger partial charge is 0.348 e. The minimum Gasteiger partial charge on any atom is -0.348 e. The summed E-state index contributed by atoms with van der Waals surface area (Å²) in [5.41, 5.74) is 2.41. The zero-order chi connectivity index (χ0) is 19.1. The van der Waals surface area contributed by atoms with Crippen LogP contribution in [0.1, 0.15) is 12.0 Å². The Morgan fingerprint density at radius 1 is 1.00 bits per heavy atom. The Morgan fingerprint density at radius 3 is 2.48 bits per heavy atom. The van der Waals surface area contributed by atoms with Gasteiger partial charge in [0.15, 0.2) is 5.82 Å². The van der Waals surface area contributed by atoms with Crippen molar-refractivity contribution in [3.05, 3.63) is 66.5 Å². The summed E-state index contributed by atoms with van der Waals surface area (Å²) in [5.74, 6) is -0.755. The molecule has 0 spiro atoms. The zero-order valence-corrected chi connectivity index (χ0v) is 15.1. The molecule has 27 heavy (non-hydrogen) atoms. The monoisotopic (exact) mass is 363 g/mol. The van der Waals surface area contributed by atoms with Crippen LogP contribution in [-0.4, -0.2) is 33.1 Å². The fourth-order valence-corrected chi connectivity index (χ4v) is 2.71. The summed E-state index contributed by atoms with van der Waals surface area (Å²) in [6.45, 7) is 0.437. The van der Waals surface area contributed by atoms with E-state index < -0.39 is 11.8 Å². The van der Waals surface area contributed by atoms with Gasteiger partial charge in [-0.1, -0.05) is 42.5 Å². The third kappa shape index (κ3) is 4.78. The number of amides is 2. The fourth-order valence-electron chi connectivity index (χ4n) is 2.71. The SMILES string of the molecule is Cn1cnnc1-c1ccccc1NC(=O)C(=O)NCCCc1ccccc1. The van der Waals surface area contributed by atoms with Crippen LogP contribution in [-0.2, 0) is 23.1 Å². The van der Waals surface area contributed by atoms with Gasteiger partial charge in [0, 0.05) is 19.2 Å². The normalized spacial score (nSPS) is 10.4. The number of rotatable bonds is 6. The lowest BCUT2D eigenvalue weighted by Crippen LogP contribution is -2.36. The molecular formula is C20H21N5O2. The first-order valence-electron chi connectivity index (χ1n) is 8.71. The molecule has 7 nitrogen and oxygen atoms in total. The molecule has 138 valence electrons. The molecular weight excluding hydrogens is 342 g/mol. The molecule has 0 bridgehead atoms. The molecule has 1 heterocycles. The quantitative estimate of drug-likeness (QED) is 0.519. The second-order valence-corrected chi connectivity index (χ2v) is 6.11. The van der Waals surface area contributed by atoms with Gasteiger partial charge in [-0.05, 0) is 30.5 Å². The van der Waals surface area contributed by atoms with Crippen molar-refractivity contribution in [3.63, 3.8) is 0 Å². The van der Waals surface area contributed by atoms with Crippen molar-refractivity contribution in [2.45, 2.75) is 12.8 Å². The maximum absolute atomic E-state index is 12.2. The highest BCUT2D eigenvalue weighted by Crippen LogP contribution is 2.25. The molecule has 2 amide bonds. The second-order valence-electron chi connectivity index (χ2n) is 6.11. The molecule has 0 saturated carbocycles. The van der Waals surface area contributed by atoms with Crippen molar-refractivity contribution in [2.24, 2.45) is 7.05 Å². The summed E-state index contributed by atoms with van der Waals surface area (Å²) < 4.78 is 1.74. The van der Waals surface area contributed by atoms with Crippen LogP contribution in [0, 0.1) is 0 Å². The van der Waals surface area contributed by atoms with Gasteiger partial charge in [0.05, 0.1) is 5.69 Å². The van der Waals surface area contributed by atoms with Crippen LogP contribution in [0.15, 0.2) is 60.9 Å². The maximum Gasteiger partial charge on any atom is 0.313 e. The Kier molecular flexibility index (Phi) is 5.94. The Labute approximate surface area is 157 Å². The molecule has 2 aromatic carbocycles. The number of nitrogens with zero attached hydrogens (tertiary/aromatic N) is 3. The van der Waals surface area contributed by atoms with E-state index in [1.807, 2.05) is 49.5 Å². The molecule has 0 saturated heterocycles. The zero-order valence-electron chi connectivity index (χ0n) is 15.1. The Bertz CT molecular complexity index is 921. The minimum absolute atomic E-state index is 0.437. The van der Waals surface area contributed by atoms with Gasteiger partial charge in [-0.3, -0.25) is 9.59 Å². The van der Waals surface area contributed by atoms with E-state index in [1.165, 1.54) is 5.56 Å². The summed E-state index contributed by atoms with van der Waals surface area (Å²) in [7, 11) is 1.81. The molecule has 3 aromatic rings. The number of aromatic nitrogens is 3. The number of hydrogen-bond donors (Lipinski definition) is 2. The molecule has 2 N–H and O–H groups in total. The standard InChI is InChI=1S/C20H21N5O2/c1-25-14-22-24-18(25)16-11-5-6-12-17(16)23-20(27)19(26)21-13-7-10-15-8-3-2-4-9-15/h2-6,8-9,11-12,14H,7,10,13H2,1H3,(H,21,26)(H,23,27). The summed E-state index contributed by atoms with van der Waals surface area (Å²) in [5, 5.41) is 13.2. The first kappa shape index (κ1) is 18.3. The van der Waals surface area contributed by atoms with E-state index in [2.05, 4.69) is 20.8 Å². The number of hydrogen-bond acceptors (Lipinski definition) is 4. The number of anilines is 1. The first-order valence-corrected chi connectivity index (χ1v) is 8.71. The number of para-hydroxylation sites is 1. The van der Waals surface area contributed by atoms with E-state index in [-0.39, 0.29) is 0 Å². The van der Waals surface area contributed by atoms with E-state index in [9.17, 15) is 9.59 Å². The molecule has 0 aliphatic carbocycles. The number of carbonyl (C=O) groups excluding carboxylic acids is 2. The molecule has 7 heteroatoms. The first-order chi connectivity index (χ1) is 13.1. The molecule has 0 radical (unpaired) electrons. The molecule has 0 fully saturated rings. The van der Waals surface area contributed by atoms with E-state index >= 15 is 0 Å². The molecule has 0 aliphatic rings. The topological polar surface area (TPSA) is 88.9 Å². The van der Waals surface area contributed by atoms with Crippen molar-refractivity contribution in [1.82, 2.24) is 20.1 Å². The highest BCUT2D eigenvalue weighted by Gasteiger charge is 2.17. The molecule has 0 atom stereocenters. The van der Waals surface area contributed by atoms with Crippen LogP contribution in [0.4, 0.5) is 5.69 Å². The smallest absolute Gasteiger partial charge is 0.313 e. The highest BCUT2D eigenvalue weighted by molar-refractivity contribution is 6.39. The minimum atomic E-state index is -0.704. The summed E-state index contributed by atoms with van der Waals surface area (Å²) >= 11 is 0. The average molecular weight is 363 g/mol. The van der Waals surface area contributed by atoms with Crippen LogP contribution in [0.25, 0.3) is 11.4 Å². The Balaban J connectivity index is 1.54. The second kappa shape index (κ2) is 8.75. The lowest BCUT2D eigenvalue weighted by atomic mass is 10.1. The van der Waals surface area contributed by atoms with Gasteiger partial charge in [-0.15, -0.1) is 10.2 Å². The number of carbonyl (C=O) groups is 2. The van der Waals surface area contributed by atoms with Gasteiger partial charge < -0.3 is 15.2 Å². The van der Waals surface area contributed by atoms with Gasteiger partial charge in [0.1, 0.15) is 6.33 Å². The van der Waals surface area contributed by atoms with Gasteiger partial charge in [-0.25, -0.2) is 0 Å². The molecule has 3 rings (SSSR count). The van der Waals surface area contributed by atoms with Crippen molar-refractivity contribution < 1.29 is 9.59 Å². The number of benzene rings is 2. The summed E-state index contributed by atoms with van der Waals surface area (Å²) in [6.07, 6.45) is 3.18. The Hall–Kier alpha value is -3.48. The van der Waals surface area contributed by atoms with Crippen molar-refractivity contribution in [1.29, 1.82) is 0 Å². The molecule has 1 aromatic heterocycles. The number of nitrogens with one attached hydrogen (secondary N) is 2. The predicted octanol–water partition coefficient (Wildman–Crippen LogP) is 2.17. The van der Waals surface area contributed by atoms with Gasteiger partial charge in [-0.2, -0.15) is 0 Å². The average Bonchev–Trinajstić information content (AvgIpc) is 3.12. The third-order valence-electron chi connectivity index (χ3n) is 4.10. The lowest BCUT2D eigenvalue weighted by Gasteiger charge is -2.10. The van der Waals surface area contributed by atoms with Crippen LogP contribution in [0.5, 0.6) is 0 Å². The van der Waals surface area contributed by atoms with E-state index in [0.29, 0.717) is 23.6 Å². The summed E-state index contributed by atoms with van der Waals surface area (Å²) in [6, 6.07) is 17.2. The van der Waals surface area contributed by atoms with Crippen molar-refractivity contribution in [2.75, 3.05) is 11.9 Å².